The van der Waals surface area contributed by atoms with Crippen LogP contribution in [-0.2, 0) is 4.79 Å². The van der Waals surface area contributed by atoms with Crippen LogP contribution in [0.15, 0.2) is 42.0 Å². The minimum absolute atomic E-state index is 0.0286. The second-order valence-electron chi connectivity index (χ2n) is 4.92. The van der Waals surface area contributed by atoms with E-state index >= 15 is 0 Å². The summed E-state index contributed by atoms with van der Waals surface area (Å²) < 4.78 is 6.69. The summed E-state index contributed by atoms with van der Waals surface area (Å²) in [6.07, 6.45) is 1.49. The van der Waals surface area contributed by atoms with E-state index in [2.05, 4.69) is 5.32 Å². The fourth-order valence-electron chi connectivity index (χ4n) is 2.01. The van der Waals surface area contributed by atoms with E-state index in [1.54, 1.807) is 36.4 Å². The van der Waals surface area contributed by atoms with E-state index in [4.69, 9.17) is 4.74 Å². The zero-order valence-corrected chi connectivity index (χ0v) is 17.5. The van der Waals surface area contributed by atoms with Crippen LogP contribution < -0.4 is 10.1 Å². The van der Waals surface area contributed by atoms with Gasteiger partial charge in [-0.3, -0.25) is 4.79 Å². The monoisotopic (exact) mass is 560 g/mol. The number of rotatable bonds is 5. The van der Waals surface area contributed by atoms with Crippen LogP contribution in [0.2, 0.25) is 0 Å². The number of nitriles is 1. The lowest BCUT2D eigenvalue weighted by molar-refractivity contribution is -0.112. The summed E-state index contributed by atoms with van der Waals surface area (Å²) in [5.74, 6) is 0.328. The van der Waals surface area contributed by atoms with Gasteiger partial charge in [-0.05, 0) is 88.0 Å². The number of nitrogens with zero attached hydrogens (tertiary/aromatic N) is 1. The fourth-order valence-corrected chi connectivity index (χ4v) is 3.83. The molecular formula is C18H14I2N2O3. The molecule has 0 aliphatic heterocycles. The molecule has 0 heterocycles. The van der Waals surface area contributed by atoms with Crippen LogP contribution in [-0.4, -0.2) is 17.6 Å². The van der Waals surface area contributed by atoms with E-state index < -0.39 is 5.91 Å². The van der Waals surface area contributed by atoms with Gasteiger partial charge >= 0.3 is 0 Å². The van der Waals surface area contributed by atoms with Crippen molar-refractivity contribution in [3.63, 3.8) is 0 Å². The van der Waals surface area contributed by atoms with Crippen LogP contribution in [0.5, 0.6) is 11.5 Å². The van der Waals surface area contributed by atoms with E-state index in [1.807, 2.05) is 58.2 Å². The van der Waals surface area contributed by atoms with Crippen molar-refractivity contribution in [2.75, 3.05) is 11.9 Å². The van der Waals surface area contributed by atoms with Gasteiger partial charge in [0.1, 0.15) is 23.1 Å². The maximum Gasteiger partial charge on any atom is 0.266 e. The summed E-state index contributed by atoms with van der Waals surface area (Å²) in [5, 5.41) is 21.8. The molecule has 2 aromatic carbocycles. The molecule has 0 fully saturated rings. The molecular weight excluding hydrogens is 546 g/mol. The summed E-state index contributed by atoms with van der Waals surface area (Å²) in [6.45, 7) is 2.40. The van der Waals surface area contributed by atoms with Crippen molar-refractivity contribution in [2.24, 2.45) is 0 Å². The van der Waals surface area contributed by atoms with E-state index in [9.17, 15) is 15.2 Å². The molecule has 1 amide bonds. The van der Waals surface area contributed by atoms with Gasteiger partial charge in [0.2, 0.25) is 0 Å². The van der Waals surface area contributed by atoms with Crippen molar-refractivity contribution in [1.29, 1.82) is 5.26 Å². The average molecular weight is 560 g/mol. The number of amides is 1. The third-order valence-electron chi connectivity index (χ3n) is 3.12. The first-order valence-corrected chi connectivity index (χ1v) is 9.44. The Kier molecular flexibility index (Phi) is 7.07. The first-order valence-electron chi connectivity index (χ1n) is 7.28. The van der Waals surface area contributed by atoms with Crippen LogP contribution in [0, 0.1) is 18.5 Å². The number of carbonyl (C=O) groups is 1. The minimum Gasteiger partial charge on any atom is -0.506 e. The van der Waals surface area contributed by atoms with E-state index in [1.165, 1.54) is 6.08 Å². The summed E-state index contributed by atoms with van der Waals surface area (Å²) in [7, 11) is 0. The zero-order chi connectivity index (χ0) is 18.4. The van der Waals surface area contributed by atoms with E-state index in [0.717, 1.165) is 0 Å². The van der Waals surface area contributed by atoms with Crippen LogP contribution in [0.3, 0.4) is 0 Å². The standard InChI is InChI=1S/C18H14I2N2O3/c1-2-25-14-5-3-4-13(9-14)22-18(24)12(10-21)6-11-7-15(19)17(23)16(20)8-11/h3-9,23H,2H2,1H3,(H,22,24)/b12-6+. The van der Waals surface area contributed by atoms with Gasteiger partial charge in [-0.1, -0.05) is 6.07 Å². The SMILES string of the molecule is CCOc1cccc(NC(=O)/C(C#N)=C/c2cc(I)c(O)c(I)c2)c1. The Balaban J connectivity index is 2.24. The normalized spacial score (nSPS) is 10.9. The lowest BCUT2D eigenvalue weighted by Crippen LogP contribution is -2.13. The Morgan fingerprint density at radius 3 is 2.60 bits per heavy atom. The third kappa shape index (κ3) is 5.34. The number of carbonyl (C=O) groups excluding carboxylic acids is 1. The molecule has 0 atom stereocenters. The number of ether oxygens (including phenoxy) is 1. The molecule has 2 N–H and O–H groups in total. The molecule has 7 heteroatoms. The van der Waals surface area contributed by atoms with Gasteiger partial charge in [0.15, 0.2) is 0 Å². The lowest BCUT2D eigenvalue weighted by atomic mass is 10.1. The highest BCUT2D eigenvalue weighted by Gasteiger charge is 2.12. The van der Waals surface area contributed by atoms with Crippen molar-refractivity contribution in [3.8, 4) is 17.6 Å². The fraction of sp³-hybridized carbons (Fsp3) is 0.111. The maximum absolute atomic E-state index is 12.4. The van der Waals surface area contributed by atoms with Crippen LogP contribution >= 0.6 is 45.2 Å². The molecule has 0 spiro atoms. The number of hydrogen-bond donors (Lipinski definition) is 2. The molecule has 2 aromatic rings. The van der Waals surface area contributed by atoms with Crippen molar-refractivity contribution < 1.29 is 14.6 Å². The summed E-state index contributed by atoms with van der Waals surface area (Å²) in [4.78, 5) is 12.4. The van der Waals surface area contributed by atoms with Crippen molar-refractivity contribution in [1.82, 2.24) is 0 Å². The molecule has 0 unspecified atom stereocenters. The lowest BCUT2D eigenvalue weighted by Gasteiger charge is -2.08. The Hall–Kier alpha value is -1.80. The molecule has 0 saturated carbocycles. The van der Waals surface area contributed by atoms with Crippen LogP contribution in [0.1, 0.15) is 12.5 Å². The number of benzene rings is 2. The molecule has 0 radical (unpaired) electrons. The molecule has 0 bridgehead atoms. The Bertz CT molecular complexity index is 850. The Labute approximate surface area is 173 Å². The summed E-state index contributed by atoms with van der Waals surface area (Å²) in [5.41, 5.74) is 1.19. The number of halogens is 2. The number of nitrogens with one attached hydrogen (secondary N) is 1. The van der Waals surface area contributed by atoms with Gasteiger partial charge in [-0.2, -0.15) is 5.26 Å². The third-order valence-corrected chi connectivity index (χ3v) is 4.76. The molecule has 5 nitrogen and oxygen atoms in total. The first kappa shape index (κ1) is 19.5. The number of phenols is 1. The van der Waals surface area contributed by atoms with Gasteiger partial charge in [0.25, 0.3) is 5.91 Å². The largest absolute Gasteiger partial charge is 0.506 e. The van der Waals surface area contributed by atoms with E-state index in [0.29, 0.717) is 30.7 Å². The zero-order valence-electron chi connectivity index (χ0n) is 13.2. The number of hydrogen-bond acceptors (Lipinski definition) is 4. The number of phenolic OH excluding ortho intramolecular Hbond substituents is 1. The van der Waals surface area contributed by atoms with Crippen LogP contribution in [0.4, 0.5) is 5.69 Å². The highest BCUT2D eigenvalue weighted by Crippen LogP contribution is 2.28. The van der Waals surface area contributed by atoms with Gasteiger partial charge in [-0.25, -0.2) is 0 Å². The molecule has 0 saturated heterocycles. The second kappa shape index (κ2) is 9.05. The Morgan fingerprint density at radius 1 is 1.32 bits per heavy atom. The predicted molar refractivity (Wildman–Crippen MR) is 113 cm³/mol. The highest BCUT2D eigenvalue weighted by molar-refractivity contribution is 14.1. The molecule has 128 valence electrons. The van der Waals surface area contributed by atoms with Gasteiger partial charge < -0.3 is 15.2 Å². The minimum atomic E-state index is -0.505. The predicted octanol–water partition coefficient (Wildman–Crippen LogP) is 4.55. The van der Waals surface area contributed by atoms with Gasteiger partial charge in [0, 0.05) is 11.8 Å². The Morgan fingerprint density at radius 2 is 2.00 bits per heavy atom. The molecule has 0 aromatic heterocycles. The molecule has 25 heavy (non-hydrogen) atoms. The highest BCUT2D eigenvalue weighted by atomic mass is 127. The first-order chi connectivity index (χ1) is 11.9. The summed E-state index contributed by atoms with van der Waals surface area (Å²) >= 11 is 4.00. The summed E-state index contributed by atoms with van der Waals surface area (Å²) in [6, 6.07) is 12.3. The average Bonchev–Trinajstić information content (AvgIpc) is 2.58. The maximum atomic E-state index is 12.4. The number of aromatic hydroxyl groups is 1. The second-order valence-corrected chi connectivity index (χ2v) is 7.24. The van der Waals surface area contributed by atoms with Crippen molar-refractivity contribution >= 4 is 62.9 Å². The topological polar surface area (TPSA) is 82.3 Å². The van der Waals surface area contributed by atoms with Crippen molar-refractivity contribution in [2.45, 2.75) is 6.92 Å². The van der Waals surface area contributed by atoms with Crippen LogP contribution in [0.25, 0.3) is 6.08 Å². The molecule has 0 aliphatic rings. The smallest absolute Gasteiger partial charge is 0.266 e. The molecule has 0 aliphatic carbocycles. The number of anilines is 1. The van der Waals surface area contributed by atoms with Crippen molar-refractivity contribution in [3.05, 3.63) is 54.7 Å². The van der Waals surface area contributed by atoms with Gasteiger partial charge in [0.05, 0.1) is 13.7 Å². The quantitative estimate of drug-likeness (QED) is 0.320. The molecule has 2 rings (SSSR count). The van der Waals surface area contributed by atoms with E-state index in [-0.39, 0.29) is 11.3 Å². The van der Waals surface area contributed by atoms with Gasteiger partial charge in [-0.15, -0.1) is 0 Å².